The van der Waals surface area contributed by atoms with E-state index in [1.807, 2.05) is 0 Å². The SMILES string of the molecule is CC(CCN)C1(C)CCCCC1. The molecule has 0 aliphatic heterocycles. The van der Waals surface area contributed by atoms with Crippen LogP contribution in [0.5, 0.6) is 0 Å². The average Bonchev–Trinajstić information content (AvgIpc) is 2.06. The first-order valence-corrected chi connectivity index (χ1v) is 5.39. The lowest BCUT2D eigenvalue weighted by molar-refractivity contribution is 0.125. The molecule has 0 heterocycles. The summed E-state index contributed by atoms with van der Waals surface area (Å²) < 4.78 is 0. The van der Waals surface area contributed by atoms with Crippen LogP contribution in [0.3, 0.4) is 0 Å². The Labute approximate surface area is 76.7 Å². The second-order valence-corrected chi connectivity index (χ2v) is 4.69. The van der Waals surface area contributed by atoms with Crippen LogP contribution in [0.15, 0.2) is 0 Å². The van der Waals surface area contributed by atoms with Crippen LogP contribution >= 0.6 is 0 Å². The molecule has 2 N–H and O–H groups in total. The Morgan fingerprint density at radius 3 is 2.33 bits per heavy atom. The molecule has 0 aromatic heterocycles. The van der Waals surface area contributed by atoms with Crippen LogP contribution in [-0.2, 0) is 0 Å². The average molecular weight is 169 g/mol. The Morgan fingerprint density at radius 2 is 1.83 bits per heavy atom. The van der Waals surface area contributed by atoms with Gasteiger partial charge in [0.2, 0.25) is 0 Å². The highest BCUT2D eigenvalue weighted by Crippen LogP contribution is 2.42. The van der Waals surface area contributed by atoms with Crippen molar-refractivity contribution in [2.45, 2.75) is 52.4 Å². The van der Waals surface area contributed by atoms with E-state index in [4.69, 9.17) is 5.73 Å². The van der Waals surface area contributed by atoms with Crippen LogP contribution in [0.4, 0.5) is 0 Å². The second-order valence-electron chi connectivity index (χ2n) is 4.69. The topological polar surface area (TPSA) is 26.0 Å². The van der Waals surface area contributed by atoms with Crippen LogP contribution < -0.4 is 5.73 Å². The van der Waals surface area contributed by atoms with Gasteiger partial charge in [-0.1, -0.05) is 33.1 Å². The van der Waals surface area contributed by atoms with Crippen molar-refractivity contribution in [1.82, 2.24) is 0 Å². The highest BCUT2D eigenvalue weighted by Gasteiger charge is 2.31. The van der Waals surface area contributed by atoms with Gasteiger partial charge < -0.3 is 5.73 Å². The predicted molar refractivity (Wildman–Crippen MR) is 54.0 cm³/mol. The van der Waals surface area contributed by atoms with Gasteiger partial charge in [-0.3, -0.25) is 0 Å². The van der Waals surface area contributed by atoms with E-state index in [2.05, 4.69) is 13.8 Å². The van der Waals surface area contributed by atoms with Gasteiger partial charge in [-0.2, -0.15) is 0 Å². The highest BCUT2D eigenvalue weighted by molar-refractivity contribution is 4.83. The molecule has 0 aromatic rings. The lowest BCUT2D eigenvalue weighted by Gasteiger charge is -2.39. The van der Waals surface area contributed by atoms with Crippen molar-refractivity contribution in [1.29, 1.82) is 0 Å². The van der Waals surface area contributed by atoms with Gasteiger partial charge in [-0.15, -0.1) is 0 Å². The standard InChI is InChI=1S/C11H23N/c1-10(6-9-12)11(2)7-4-3-5-8-11/h10H,3-9,12H2,1-2H3. The van der Waals surface area contributed by atoms with E-state index in [1.165, 1.54) is 38.5 Å². The minimum atomic E-state index is 0.609. The molecule has 0 aromatic carbocycles. The fourth-order valence-corrected chi connectivity index (χ4v) is 2.45. The zero-order valence-electron chi connectivity index (χ0n) is 8.60. The van der Waals surface area contributed by atoms with E-state index >= 15 is 0 Å². The molecule has 1 heteroatoms. The van der Waals surface area contributed by atoms with Gasteiger partial charge in [-0.05, 0) is 37.1 Å². The molecule has 1 aliphatic rings. The first-order valence-electron chi connectivity index (χ1n) is 5.39. The number of hydrogen-bond donors (Lipinski definition) is 1. The maximum Gasteiger partial charge on any atom is -0.00745 e. The van der Waals surface area contributed by atoms with Gasteiger partial charge in [-0.25, -0.2) is 0 Å². The number of hydrogen-bond acceptors (Lipinski definition) is 1. The summed E-state index contributed by atoms with van der Waals surface area (Å²) in [7, 11) is 0. The van der Waals surface area contributed by atoms with E-state index in [0.29, 0.717) is 5.41 Å². The molecule has 0 bridgehead atoms. The molecule has 72 valence electrons. The molecular weight excluding hydrogens is 146 g/mol. The molecule has 1 fully saturated rings. The summed E-state index contributed by atoms with van der Waals surface area (Å²) in [5.74, 6) is 0.822. The summed E-state index contributed by atoms with van der Waals surface area (Å²) in [6, 6.07) is 0. The molecule has 1 unspecified atom stereocenters. The number of nitrogens with two attached hydrogens (primary N) is 1. The Kier molecular flexibility index (Phi) is 3.57. The van der Waals surface area contributed by atoms with Crippen molar-refractivity contribution in [3.8, 4) is 0 Å². The van der Waals surface area contributed by atoms with Crippen LogP contribution in [0, 0.1) is 11.3 Å². The van der Waals surface area contributed by atoms with Crippen molar-refractivity contribution in [3.05, 3.63) is 0 Å². The third-order valence-corrected chi connectivity index (χ3v) is 3.79. The van der Waals surface area contributed by atoms with E-state index < -0.39 is 0 Å². The largest absolute Gasteiger partial charge is 0.330 e. The van der Waals surface area contributed by atoms with E-state index in [9.17, 15) is 0 Å². The minimum absolute atomic E-state index is 0.609. The molecule has 1 rings (SSSR count). The van der Waals surface area contributed by atoms with Crippen molar-refractivity contribution in [3.63, 3.8) is 0 Å². The Hall–Kier alpha value is -0.0400. The van der Waals surface area contributed by atoms with Gasteiger partial charge in [0.25, 0.3) is 0 Å². The van der Waals surface area contributed by atoms with Gasteiger partial charge in [0.1, 0.15) is 0 Å². The smallest absolute Gasteiger partial charge is 0.00745 e. The molecular formula is C11H23N. The minimum Gasteiger partial charge on any atom is -0.330 e. The molecule has 0 radical (unpaired) electrons. The van der Waals surface area contributed by atoms with Crippen LogP contribution in [-0.4, -0.2) is 6.54 Å². The Bertz CT molecular complexity index is 125. The Morgan fingerprint density at radius 1 is 1.25 bits per heavy atom. The fourth-order valence-electron chi connectivity index (χ4n) is 2.45. The third kappa shape index (κ3) is 2.22. The zero-order valence-corrected chi connectivity index (χ0v) is 8.60. The number of rotatable bonds is 3. The predicted octanol–water partition coefficient (Wildman–Crippen LogP) is 2.94. The molecule has 1 nitrogen and oxygen atoms in total. The highest BCUT2D eigenvalue weighted by atomic mass is 14.5. The van der Waals surface area contributed by atoms with E-state index in [1.54, 1.807) is 0 Å². The summed E-state index contributed by atoms with van der Waals surface area (Å²) in [6.45, 7) is 5.68. The first kappa shape index (κ1) is 10.0. The molecule has 0 spiro atoms. The van der Waals surface area contributed by atoms with Crippen LogP contribution in [0.1, 0.15) is 52.4 Å². The van der Waals surface area contributed by atoms with E-state index in [0.717, 1.165) is 12.5 Å². The molecule has 1 atom stereocenters. The molecule has 0 amide bonds. The third-order valence-electron chi connectivity index (χ3n) is 3.79. The second kappa shape index (κ2) is 4.27. The monoisotopic (exact) mass is 169 g/mol. The first-order chi connectivity index (χ1) is 5.69. The summed E-state index contributed by atoms with van der Waals surface area (Å²) in [5, 5.41) is 0. The maximum absolute atomic E-state index is 5.59. The molecule has 0 saturated heterocycles. The van der Waals surface area contributed by atoms with Gasteiger partial charge >= 0.3 is 0 Å². The van der Waals surface area contributed by atoms with Crippen molar-refractivity contribution < 1.29 is 0 Å². The lowest BCUT2D eigenvalue weighted by atomic mass is 9.67. The normalized spacial score (nSPS) is 25.2. The molecule has 12 heavy (non-hydrogen) atoms. The van der Waals surface area contributed by atoms with Gasteiger partial charge in [0.05, 0.1) is 0 Å². The Balaban J connectivity index is 2.44. The summed E-state index contributed by atoms with van der Waals surface area (Å²) >= 11 is 0. The fraction of sp³-hybridized carbons (Fsp3) is 1.00. The van der Waals surface area contributed by atoms with Gasteiger partial charge in [0.15, 0.2) is 0 Å². The van der Waals surface area contributed by atoms with Crippen LogP contribution in [0.2, 0.25) is 0 Å². The molecule has 1 aliphatic carbocycles. The quantitative estimate of drug-likeness (QED) is 0.690. The van der Waals surface area contributed by atoms with Crippen LogP contribution in [0.25, 0.3) is 0 Å². The van der Waals surface area contributed by atoms with Crippen molar-refractivity contribution >= 4 is 0 Å². The summed E-state index contributed by atoms with van der Waals surface area (Å²) in [6.07, 6.45) is 8.38. The summed E-state index contributed by atoms with van der Waals surface area (Å²) in [4.78, 5) is 0. The lowest BCUT2D eigenvalue weighted by Crippen LogP contribution is -2.29. The summed E-state index contributed by atoms with van der Waals surface area (Å²) in [5.41, 5.74) is 6.20. The molecule has 1 saturated carbocycles. The van der Waals surface area contributed by atoms with E-state index in [-0.39, 0.29) is 0 Å². The van der Waals surface area contributed by atoms with Crippen molar-refractivity contribution in [2.24, 2.45) is 17.1 Å². The van der Waals surface area contributed by atoms with Gasteiger partial charge in [0, 0.05) is 0 Å². The zero-order chi connectivity index (χ0) is 9.03. The van der Waals surface area contributed by atoms with Crippen molar-refractivity contribution in [2.75, 3.05) is 6.54 Å². The maximum atomic E-state index is 5.59.